The van der Waals surface area contributed by atoms with Gasteiger partial charge in [-0.1, -0.05) is 32.4 Å². The quantitative estimate of drug-likeness (QED) is 0.809. The highest BCUT2D eigenvalue weighted by Gasteiger charge is 2.23. The van der Waals surface area contributed by atoms with E-state index in [4.69, 9.17) is 11.6 Å². The molecular formula is C9H14ClFN4O. The predicted molar refractivity (Wildman–Crippen MR) is 59.1 cm³/mol. The highest BCUT2D eigenvalue weighted by Crippen LogP contribution is 2.20. The molecule has 90 valence electrons. The van der Waals surface area contributed by atoms with Crippen LogP contribution >= 0.6 is 11.6 Å². The molecule has 0 fully saturated rings. The van der Waals surface area contributed by atoms with Gasteiger partial charge < -0.3 is 0 Å². The zero-order valence-electron chi connectivity index (χ0n) is 9.58. The van der Waals surface area contributed by atoms with E-state index in [9.17, 15) is 9.18 Å². The lowest BCUT2D eigenvalue weighted by Crippen LogP contribution is -2.20. The Balaban J connectivity index is 2.90. The highest BCUT2D eigenvalue weighted by atomic mass is 35.5. The molecule has 16 heavy (non-hydrogen) atoms. The Hall–Kier alpha value is -1.17. The van der Waals surface area contributed by atoms with Crippen molar-refractivity contribution >= 4 is 23.5 Å². The van der Waals surface area contributed by atoms with Crippen LogP contribution in [0.25, 0.3) is 0 Å². The van der Waals surface area contributed by atoms with Crippen LogP contribution in [-0.4, -0.2) is 26.3 Å². The van der Waals surface area contributed by atoms with Crippen LogP contribution in [0.15, 0.2) is 0 Å². The number of hydrogen-bond acceptors (Lipinski definition) is 3. The molecule has 1 aromatic heterocycles. The summed E-state index contributed by atoms with van der Waals surface area (Å²) in [5, 5.41) is 6.13. The van der Waals surface area contributed by atoms with Gasteiger partial charge in [-0.3, -0.25) is 14.8 Å². The number of alkyl halides is 2. The first-order valence-electron chi connectivity index (χ1n) is 4.72. The summed E-state index contributed by atoms with van der Waals surface area (Å²) >= 11 is 4.97. The van der Waals surface area contributed by atoms with Gasteiger partial charge in [0, 0.05) is 12.5 Å². The SMILES string of the molecule is Cn1nc(NC(=O)C(F)Cl)nc1C(C)(C)C. The standard InChI is InChI=1S/C9H14ClFN4O/c1-9(2,3)7-13-8(14-15(7)4)12-6(16)5(10)11/h5H,1-4H3,(H,12,14,16). The van der Waals surface area contributed by atoms with Crippen LogP contribution in [0.2, 0.25) is 0 Å². The van der Waals surface area contributed by atoms with Crippen molar-refractivity contribution in [1.82, 2.24) is 14.8 Å². The number of carbonyl (C=O) groups is 1. The van der Waals surface area contributed by atoms with Crippen molar-refractivity contribution in [3.05, 3.63) is 5.82 Å². The number of anilines is 1. The minimum absolute atomic E-state index is 0.0562. The molecule has 0 aliphatic carbocycles. The van der Waals surface area contributed by atoms with Crippen molar-refractivity contribution in [3.8, 4) is 0 Å². The van der Waals surface area contributed by atoms with Crippen LogP contribution in [0.5, 0.6) is 0 Å². The Labute approximate surface area is 98.0 Å². The first-order chi connectivity index (χ1) is 7.21. The zero-order valence-corrected chi connectivity index (χ0v) is 10.3. The Kier molecular flexibility index (Phi) is 3.52. The van der Waals surface area contributed by atoms with Crippen LogP contribution in [-0.2, 0) is 17.3 Å². The topological polar surface area (TPSA) is 59.8 Å². The second-order valence-corrected chi connectivity index (χ2v) is 4.81. The average molecular weight is 249 g/mol. The van der Waals surface area contributed by atoms with E-state index in [1.807, 2.05) is 20.8 Å². The third-order valence-corrected chi connectivity index (χ3v) is 2.07. The van der Waals surface area contributed by atoms with Gasteiger partial charge in [-0.2, -0.15) is 4.98 Å². The van der Waals surface area contributed by atoms with Crippen LogP contribution < -0.4 is 5.32 Å². The molecule has 0 aliphatic heterocycles. The van der Waals surface area contributed by atoms with E-state index in [-0.39, 0.29) is 11.4 Å². The van der Waals surface area contributed by atoms with Gasteiger partial charge >= 0.3 is 0 Å². The maximum Gasteiger partial charge on any atom is 0.276 e. The first-order valence-corrected chi connectivity index (χ1v) is 5.16. The molecule has 1 rings (SSSR count). The number of hydrogen-bond donors (Lipinski definition) is 1. The molecule has 0 saturated carbocycles. The fourth-order valence-electron chi connectivity index (χ4n) is 1.26. The van der Waals surface area contributed by atoms with E-state index in [0.717, 1.165) is 0 Å². The minimum Gasteiger partial charge on any atom is -0.290 e. The summed E-state index contributed by atoms with van der Waals surface area (Å²) in [5.41, 5.74) is -2.30. The van der Waals surface area contributed by atoms with Gasteiger partial charge in [0.2, 0.25) is 5.95 Å². The monoisotopic (exact) mass is 248 g/mol. The number of halogens is 2. The number of aryl methyl sites for hydroxylation is 1. The van der Waals surface area contributed by atoms with Crippen LogP contribution in [0.4, 0.5) is 10.3 Å². The van der Waals surface area contributed by atoms with E-state index in [1.54, 1.807) is 7.05 Å². The molecule has 0 bridgehead atoms. The van der Waals surface area contributed by atoms with E-state index in [1.165, 1.54) is 4.68 Å². The summed E-state index contributed by atoms with van der Waals surface area (Å²) in [6, 6.07) is 0. The third kappa shape index (κ3) is 2.91. The fourth-order valence-corrected chi connectivity index (χ4v) is 1.31. The molecule has 5 nitrogen and oxygen atoms in total. The molecule has 0 radical (unpaired) electrons. The van der Waals surface area contributed by atoms with E-state index < -0.39 is 11.5 Å². The van der Waals surface area contributed by atoms with Crippen LogP contribution in [0, 0.1) is 0 Å². The molecule has 0 aliphatic rings. The molecule has 1 atom stereocenters. The summed E-state index contributed by atoms with van der Waals surface area (Å²) in [6.07, 6.45) is 0. The van der Waals surface area contributed by atoms with Gasteiger partial charge in [0.15, 0.2) is 0 Å². The smallest absolute Gasteiger partial charge is 0.276 e. The van der Waals surface area contributed by atoms with Gasteiger partial charge in [0.25, 0.3) is 11.5 Å². The number of nitrogens with zero attached hydrogens (tertiary/aromatic N) is 3. The third-order valence-electron chi connectivity index (χ3n) is 1.87. The maximum atomic E-state index is 12.4. The summed E-state index contributed by atoms with van der Waals surface area (Å²) in [6.45, 7) is 5.88. The largest absolute Gasteiger partial charge is 0.290 e. The van der Waals surface area contributed by atoms with Crippen molar-refractivity contribution in [1.29, 1.82) is 0 Å². The Bertz CT molecular complexity index is 397. The normalized spacial score (nSPS) is 13.6. The molecule has 1 aromatic rings. The maximum absolute atomic E-state index is 12.4. The van der Waals surface area contributed by atoms with Gasteiger partial charge in [-0.15, -0.1) is 5.10 Å². The van der Waals surface area contributed by atoms with Crippen molar-refractivity contribution in [3.63, 3.8) is 0 Å². The van der Waals surface area contributed by atoms with E-state index >= 15 is 0 Å². The van der Waals surface area contributed by atoms with Gasteiger partial charge in [0.1, 0.15) is 5.82 Å². The van der Waals surface area contributed by atoms with Crippen molar-refractivity contribution < 1.29 is 9.18 Å². The van der Waals surface area contributed by atoms with Gasteiger partial charge in [0.05, 0.1) is 0 Å². The number of rotatable bonds is 2. The molecule has 0 aromatic carbocycles. The number of aromatic nitrogens is 3. The lowest BCUT2D eigenvalue weighted by atomic mass is 9.96. The Morgan fingerprint density at radius 1 is 1.56 bits per heavy atom. The first kappa shape index (κ1) is 12.9. The van der Waals surface area contributed by atoms with E-state index in [0.29, 0.717) is 5.82 Å². The van der Waals surface area contributed by atoms with Crippen LogP contribution in [0.1, 0.15) is 26.6 Å². The lowest BCUT2D eigenvalue weighted by Gasteiger charge is -2.15. The summed E-state index contributed by atoms with van der Waals surface area (Å²) in [4.78, 5) is 15.1. The lowest BCUT2D eigenvalue weighted by molar-refractivity contribution is -0.118. The average Bonchev–Trinajstić information content (AvgIpc) is 2.45. The molecular weight excluding hydrogens is 235 g/mol. The van der Waals surface area contributed by atoms with Crippen molar-refractivity contribution in [2.24, 2.45) is 7.05 Å². The molecule has 0 saturated heterocycles. The molecule has 1 unspecified atom stereocenters. The molecule has 0 spiro atoms. The van der Waals surface area contributed by atoms with Gasteiger partial charge in [-0.05, 0) is 0 Å². The fraction of sp³-hybridized carbons (Fsp3) is 0.667. The molecule has 1 N–H and O–H groups in total. The summed E-state index contributed by atoms with van der Waals surface area (Å²) in [5.74, 6) is -0.221. The zero-order chi connectivity index (χ0) is 12.5. The Morgan fingerprint density at radius 3 is 2.50 bits per heavy atom. The molecule has 1 heterocycles. The minimum atomic E-state index is -2.10. The summed E-state index contributed by atoms with van der Waals surface area (Å²) in [7, 11) is 1.71. The van der Waals surface area contributed by atoms with Crippen LogP contribution in [0.3, 0.4) is 0 Å². The Morgan fingerprint density at radius 2 is 2.12 bits per heavy atom. The number of amides is 1. The summed E-state index contributed by atoms with van der Waals surface area (Å²) < 4.78 is 14.0. The predicted octanol–water partition coefficient (Wildman–Crippen LogP) is 1.59. The van der Waals surface area contributed by atoms with Crippen molar-refractivity contribution in [2.75, 3.05) is 5.32 Å². The number of carbonyl (C=O) groups excluding carboxylic acids is 1. The number of nitrogens with one attached hydrogen (secondary N) is 1. The molecule has 7 heteroatoms. The second-order valence-electron chi connectivity index (χ2n) is 4.42. The van der Waals surface area contributed by atoms with Gasteiger partial charge in [-0.25, -0.2) is 4.39 Å². The van der Waals surface area contributed by atoms with E-state index in [2.05, 4.69) is 15.4 Å². The van der Waals surface area contributed by atoms with Crippen molar-refractivity contribution in [2.45, 2.75) is 31.8 Å². The molecule has 1 amide bonds. The second kappa shape index (κ2) is 4.37. The highest BCUT2D eigenvalue weighted by molar-refractivity contribution is 6.31.